The Hall–Kier alpha value is -2.34. The van der Waals surface area contributed by atoms with Gasteiger partial charge in [-0.2, -0.15) is 11.3 Å². The maximum Gasteiger partial charge on any atom is 0.323 e. The molecule has 0 fully saturated rings. The van der Waals surface area contributed by atoms with Gasteiger partial charge in [0.05, 0.1) is 5.69 Å². The van der Waals surface area contributed by atoms with Crippen molar-refractivity contribution in [3.63, 3.8) is 0 Å². The van der Waals surface area contributed by atoms with Crippen LogP contribution in [0.4, 0.5) is 16.2 Å². The number of hydrogen-bond acceptors (Lipinski definition) is 3. The molecule has 6 heteroatoms. The lowest BCUT2D eigenvalue weighted by molar-refractivity contribution is -0.136. The number of carbonyl (C=O) groups excluding carboxylic acids is 1. The van der Waals surface area contributed by atoms with Crippen LogP contribution in [0.25, 0.3) is 0 Å². The minimum Gasteiger partial charge on any atom is -0.481 e. The highest BCUT2D eigenvalue weighted by molar-refractivity contribution is 7.08. The number of benzene rings is 1. The highest BCUT2D eigenvalue weighted by atomic mass is 32.1. The van der Waals surface area contributed by atoms with Crippen LogP contribution in [0.3, 0.4) is 0 Å². The lowest BCUT2D eigenvalue weighted by Gasteiger charge is -2.07. The average molecular weight is 290 g/mol. The summed E-state index contributed by atoms with van der Waals surface area (Å²) < 4.78 is 0. The number of carbonyl (C=O) groups is 2. The molecule has 2 amide bonds. The van der Waals surface area contributed by atoms with Crippen molar-refractivity contribution >= 4 is 34.7 Å². The summed E-state index contributed by atoms with van der Waals surface area (Å²) in [6.07, 6.45) is 0.585. The van der Waals surface area contributed by atoms with Crippen molar-refractivity contribution in [1.82, 2.24) is 0 Å². The molecule has 1 aromatic heterocycles. The van der Waals surface area contributed by atoms with E-state index in [0.717, 1.165) is 11.3 Å². The largest absolute Gasteiger partial charge is 0.481 e. The van der Waals surface area contributed by atoms with Gasteiger partial charge < -0.3 is 15.7 Å². The first-order valence-corrected chi connectivity index (χ1v) is 6.99. The van der Waals surface area contributed by atoms with Crippen LogP contribution in [0.15, 0.2) is 41.1 Å². The SMILES string of the molecule is O=C(O)CCc1ccc(NC(=O)Nc2ccsc2)cc1. The zero-order valence-electron chi connectivity index (χ0n) is 10.6. The van der Waals surface area contributed by atoms with Crippen LogP contribution >= 0.6 is 11.3 Å². The molecule has 2 aromatic rings. The van der Waals surface area contributed by atoms with Crippen molar-refractivity contribution in [3.8, 4) is 0 Å². The predicted octanol–water partition coefficient (Wildman–Crippen LogP) is 3.41. The predicted molar refractivity (Wildman–Crippen MR) is 79.4 cm³/mol. The van der Waals surface area contributed by atoms with Crippen LogP contribution in [0, 0.1) is 0 Å². The van der Waals surface area contributed by atoms with Crippen LogP contribution in [0.1, 0.15) is 12.0 Å². The molecule has 5 nitrogen and oxygen atoms in total. The number of rotatable bonds is 5. The number of urea groups is 1. The quantitative estimate of drug-likeness (QED) is 0.789. The summed E-state index contributed by atoms with van der Waals surface area (Å²) in [7, 11) is 0. The first-order chi connectivity index (χ1) is 9.63. The molecule has 1 aromatic carbocycles. The Morgan fingerprint density at radius 2 is 1.75 bits per heavy atom. The number of thiophene rings is 1. The molecule has 0 atom stereocenters. The molecule has 0 saturated heterocycles. The Balaban J connectivity index is 1.86. The molecule has 0 aliphatic heterocycles. The number of anilines is 2. The van der Waals surface area contributed by atoms with E-state index in [1.807, 2.05) is 29.0 Å². The first kappa shape index (κ1) is 14.1. The van der Waals surface area contributed by atoms with Gasteiger partial charge in [-0.15, -0.1) is 0 Å². The van der Waals surface area contributed by atoms with E-state index >= 15 is 0 Å². The van der Waals surface area contributed by atoms with Crippen LogP contribution in [-0.2, 0) is 11.2 Å². The lowest BCUT2D eigenvalue weighted by atomic mass is 10.1. The van der Waals surface area contributed by atoms with E-state index in [9.17, 15) is 9.59 Å². The molecule has 0 aliphatic carbocycles. The fourth-order valence-electron chi connectivity index (χ4n) is 1.64. The van der Waals surface area contributed by atoms with Crippen molar-refractivity contribution in [2.75, 3.05) is 10.6 Å². The maximum absolute atomic E-state index is 11.7. The van der Waals surface area contributed by atoms with Gasteiger partial charge >= 0.3 is 12.0 Å². The summed E-state index contributed by atoms with van der Waals surface area (Å²) >= 11 is 1.51. The molecule has 0 saturated carbocycles. The number of aryl methyl sites for hydroxylation is 1. The van der Waals surface area contributed by atoms with Gasteiger partial charge in [0, 0.05) is 17.5 Å². The summed E-state index contributed by atoms with van der Waals surface area (Å²) in [6, 6.07) is 8.64. The van der Waals surface area contributed by atoms with Gasteiger partial charge in [-0.25, -0.2) is 4.79 Å². The molecule has 3 N–H and O–H groups in total. The van der Waals surface area contributed by atoms with E-state index in [2.05, 4.69) is 10.6 Å². The smallest absolute Gasteiger partial charge is 0.323 e. The van der Waals surface area contributed by atoms with Gasteiger partial charge in [-0.3, -0.25) is 4.79 Å². The molecular weight excluding hydrogens is 276 g/mol. The molecule has 0 aliphatic rings. The topological polar surface area (TPSA) is 78.4 Å². The second-order valence-electron chi connectivity index (χ2n) is 4.18. The minimum atomic E-state index is -0.817. The minimum absolute atomic E-state index is 0.103. The normalized spacial score (nSPS) is 10.0. The van der Waals surface area contributed by atoms with E-state index in [0.29, 0.717) is 12.1 Å². The molecule has 2 rings (SSSR count). The lowest BCUT2D eigenvalue weighted by Crippen LogP contribution is -2.18. The van der Waals surface area contributed by atoms with Gasteiger partial charge in [0.15, 0.2) is 0 Å². The molecule has 104 valence electrons. The van der Waals surface area contributed by atoms with E-state index in [4.69, 9.17) is 5.11 Å². The van der Waals surface area contributed by atoms with E-state index in [1.165, 1.54) is 11.3 Å². The van der Waals surface area contributed by atoms with Gasteiger partial charge in [0.25, 0.3) is 0 Å². The van der Waals surface area contributed by atoms with Gasteiger partial charge in [0.1, 0.15) is 0 Å². The number of hydrogen-bond donors (Lipinski definition) is 3. The Bertz CT molecular complexity index is 579. The third-order valence-corrected chi connectivity index (χ3v) is 3.30. The number of carboxylic acids is 1. The van der Waals surface area contributed by atoms with Crippen LogP contribution in [-0.4, -0.2) is 17.1 Å². The average Bonchev–Trinajstić information content (AvgIpc) is 2.90. The Kier molecular flexibility index (Phi) is 4.73. The monoisotopic (exact) mass is 290 g/mol. The Morgan fingerprint density at radius 1 is 1.05 bits per heavy atom. The van der Waals surface area contributed by atoms with E-state index < -0.39 is 5.97 Å². The van der Waals surface area contributed by atoms with Crippen molar-refractivity contribution in [2.45, 2.75) is 12.8 Å². The second kappa shape index (κ2) is 6.72. The summed E-state index contributed by atoms with van der Waals surface area (Å²) in [5.74, 6) is -0.817. The van der Waals surface area contributed by atoms with E-state index in [-0.39, 0.29) is 12.5 Å². The van der Waals surface area contributed by atoms with E-state index in [1.54, 1.807) is 12.1 Å². The molecule has 0 radical (unpaired) electrons. The third-order valence-electron chi connectivity index (χ3n) is 2.62. The highest BCUT2D eigenvalue weighted by Gasteiger charge is 2.03. The van der Waals surface area contributed by atoms with Crippen molar-refractivity contribution in [3.05, 3.63) is 46.7 Å². The summed E-state index contributed by atoms with van der Waals surface area (Å²) in [5, 5.41) is 17.7. The van der Waals surface area contributed by atoms with Crippen LogP contribution in [0.5, 0.6) is 0 Å². The standard InChI is InChI=1S/C14H14N2O3S/c17-13(18)6-3-10-1-4-11(5-2-10)15-14(19)16-12-7-8-20-9-12/h1-2,4-5,7-9H,3,6H2,(H,17,18)(H2,15,16,19). The van der Waals surface area contributed by atoms with Crippen LogP contribution in [0.2, 0.25) is 0 Å². The zero-order chi connectivity index (χ0) is 14.4. The number of amides is 2. The fraction of sp³-hybridized carbons (Fsp3) is 0.143. The molecular formula is C14H14N2O3S. The zero-order valence-corrected chi connectivity index (χ0v) is 11.4. The first-order valence-electron chi connectivity index (χ1n) is 6.04. The van der Waals surface area contributed by atoms with Crippen LogP contribution < -0.4 is 10.6 Å². The maximum atomic E-state index is 11.7. The van der Waals surface area contributed by atoms with Crippen molar-refractivity contribution in [2.24, 2.45) is 0 Å². The van der Waals surface area contributed by atoms with Crippen molar-refractivity contribution in [1.29, 1.82) is 0 Å². The molecule has 20 heavy (non-hydrogen) atoms. The second-order valence-corrected chi connectivity index (χ2v) is 4.96. The molecule has 1 heterocycles. The molecule has 0 spiro atoms. The van der Waals surface area contributed by atoms with Gasteiger partial charge in [-0.1, -0.05) is 12.1 Å². The summed E-state index contributed by atoms with van der Waals surface area (Å²) in [6.45, 7) is 0. The molecule has 0 bridgehead atoms. The summed E-state index contributed by atoms with van der Waals surface area (Å²) in [5.41, 5.74) is 2.35. The summed E-state index contributed by atoms with van der Waals surface area (Å²) in [4.78, 5) is 22.2. The number of nitrogens with one attached hydrogen (secondary N) is 2. The van der Waals surface area contributed by atoms with Gasteiger partial charge in [-0.05, 0) is 35.6 Å². The fourth-order valence-corrected chi connectivity index (χ4v) is 2.22. The molecule has 0 unspecified atom stereocenters. The number of carboxylic acid groups (broad SMARTS) is 1. The highest BCUT2D eigenvalue weighted by Crippen LogP contribution is 2.14. The number of aliphatic carboxylic acids is 1. The van der Waals surface area contributed by atoms with Gasteiger partial charge in [0.2, 0.25) is 0 Å². The Labute approximate surface area is 120 Å². The third kappa shape index (κ3) is 4.40. The Morgan fingerprint density at radius 3 is 2.35 bits per heavy atom. The van der Waals surface area contributed by atoms with Crippen molar-refractivity contribution < 1.29 is 14.7 Å².